The van der Waals surface area contributed by atoms with E-state index in [-0.39, 0.29) is 0 Å². The van der Waals surface area contributed by atoms with E-state index < -0.39 is 10.8 Å². The van der Waals surface area contributed by atoms with E-state index in [1.54, 1.807) is 0 Å². The third kappa shape index (κ3) is 14.5. The predicted octanol–water partition coefficient (Wildman–Crippen LogP) is 38.6. The average molecular weight is 1850 g/mol. The molecule has 0 aromatic heterocycles. The summed E-state index contributed by atoms with van der Waals surface area (Å²) in [5.41, 5.74) is 42.5. The Balaban J connectivity index is 0.613. The highest BCUT2D eigenvalue weighted by molar-refractivity contribution is 6.25. The lowest BCUT2D eigenvalue weighted by molar-refractivity contribution is 0.768. The van der Waals surface area contributed by atoms with Crippen LogP contribution in [-0.4, -0.2) is 0 Å². The Hall–Kier alpha value is -18.9. The van der Waals surface area contributed by atoms with Crippen LogP contribution in [0.25, 0.3) is 177 Å². The van der Waals surface area contributed by atoms with Crippen molar-refractivity contribution in [1.29, 1.82) is 0 Å². The predicted molar refractivity (Wildman–Crippen MR) is 615 cm³/mol. The fourth-order valence-corrected chi connectivity index (χ4v) is 24.3. The van der Waals surface area contributed by atoms with Gasteiger partial charge in [-0.3, -0.25) is 0 Å². The van der Waals surface area contributed by atoms with E-state index in [4.69, 9.17) is 0 Å². The van der Waals surface area contributed by atoms with Crippen LogP contribution in [0.5, 0.6) is 0 Å². The first kappa shape index (κ1) is 86.3. The van der Waals surface area contributed by atoms with Gasteiger partial charge in [-0.2, -0.15) is 0 Å². The first-order valence-corrected chi connectivity index (χ1v) is 50.7. The number of nitrogens with zero attached hydrogens (tertiary/aromatic N) is 2. The summed E-state index contributed by atoms with van der Waals surface area (Å²) in [7, 11) is 0. The second-order valence-electron chi connectivity index (χ2n) is 38.6. The number of hydrogen-bond donors (Lipinski definition) is 0. The van der Waals surface area contributed by atoms with Gasteiger partial charge in [-0.15, -0.1) is 0 Å². The Morgan fingerprint density at radius 1 is 0.123 bits per heavy atom. The van der Waals surface area contributed by atoms with E-state index in [1.807, 2.05) is 0 Å². The summed E-state index contributed by atoms with van der Waals surface area (Å²) in [5, 5.41) is 9.36. The molecule has 0 unspecified atom stereocenters. The molecule has 0 aliphatic heterocycles. The second-order valence-corrected chi connectivity index (χ2v) is 38.6. The number of benzene rings is 25. The summed E-state index contributed by atoms with van der Waals surface area (Å²) in [4.78, 5) is 5.27. The SMILES string of the molecule is c1ccc(-c2ccc(-c3ccc(-c4ccc(N(c5cccc6c5-c5ccccc5C6(c5ccccc5)c5ccccc5)c5c(-c6ccc(-c7cccc(-c8cccc(-c9cc(-c%10ccccc%10)cc(N(c%10cccc%11c%10-c%10ccccc%10C%11(c%10ccccc%10)c%10ccccc%10)c%10c(-c%11ccc(-c%12ccccc%12)cc%11)c%11ccccc%11c%11ccccc%10%11)c9)c8)c7)cc6)c6ccccc6c6ccccc56)cc4)cc3)cc2)cc1. The van der Waals surface area contributed by atoms with Crippen LogP contribution in [0.1, 0.15) is 44.5 Å². The molecule has 0 radical (unpaired) electrons. The molecule has 25 aromatic rings. The molecule has 25 aromatic carbocycles. The molecule has 146 heavy (non-hydrogen) atoms. The smallest absolute Gasteiger partial charge is 0.0714 e. The molecular weight excluding hydrogens is 1760 g/mol. The molecule has 27 rings (SSSR count). The molecule has 0 spiro atoms. The minimum atomic E-state index is -0.679. The molecule has 0 amide bonds. The maximum atomic E-state index is 2.66. The van der Waals surface area contributed by atoms with Gasteiger partial charge in [0.05, 0.1) is 33.6 Å². The van der Waals surface area contributed by atoms with E-state index in [9.17, 15) is 0 Å². The summed E-state index contributed by atoms with van der Waals surface area (Å²) in [5.74, 6) is 0. The number of rotatable bonds is 20. The van der Waals surface area contributed by atoms with E-state index >= 15 is 0 Å². The second kappa shape index (κ2) is 36.3. The molecule has 0 saturated carbocycles. The molecule has 0 fully saturated rings. The fraction of sp³-hybridized carbons (Fsp3) is 0.0139. The van der Waals surface area contributed by atoms with Crippen LogP contribution in [0.2, 0.25) is 0 Å². The number of hydrogen-bond acceptors (Lipinski definition) is 2. The molecule has 2 aliphatic rings. The molecule has 0 N–H and O–H groups in total. The summed E-state index contributed by atoms with van der Waals surface area (Å²) >= 11 is 0. The van der Waals surface area contributed by atoms with Gasteiger partial charge in [0, 0.05) is 44.4 Å². The molecule has 2 aliphatic carbocycles. The van der Waals surface area contributed by atoms with Gasteiger partial charge in [0.15, 0.2) is 0 Å². The Morgan fingerprint density at radius 3 is 0.699 bits per heavy atom. The standard InChI is InChI=1S/C144H96N2/c1-8-38-97(39-9-1)100-72-74-102(75-73-100)103-76-78-104(79-77-103)105-88-90-119(91-89-105)145(135-70-36-68-133-139(135)129-64-30-32-66-131(129)143(133,115-48-14-4-15-49-115)116-50-16-5-17-51-116)141-127-62-28-24-58-123(127)121-56-22-26-60-125(121)137(141)108-86-82-106(83-87-108)109-44-34-45-110(92-109)111-46-35-47-112(93-111)114-94-113(99-42-12-3-13-43-99)95-120(96-114)146(136-71-37-69-134-140(136)130-65-31-33-67-132(130)144(134,117-52-18-6-19-53-117)118-54-20-7-21-55-118)142-128-63-29-25-59-124(128)122-57-23-27-61-126(122)138(142)107-84-80-101(81-85-107)98-40-10-2-11-41-98/h1-96H. The summed E-state index contributed by atoms with van der Waals surface area (Å²) in [6.45, 7) is 0. The van der Waals surface area contributed by atoms with E-state index in [0.29, 0.717) is 0 Å². The van der Waals surface area contributed by atoms with E-state index in [2.05, 4.69) is 592 Å². The van der Waals surface area contributed by atoms with Crippen molar-refractivity contribution in [2.24, 2.45) is 0 Å². The van der Waals surface area contributed by atoms with Crippen molar-refractivity contribution in [2.45, 2.75) is 10.8 Å². The zero-order chi connectivity index (χ0) is 96.6. The van der Waals surface area contributed by atoms with Crippen molar-refractivity contribution >= 4 is 77.2 Å². The van der Waals surface area contributed by atoms with Crippen LogP contribution < -0.4 is 9.80 Å². The van der Waals surface area contributed by atoms with Crippen LogP contribution in [0.4, 0.5) is 34.1 Å². The number of fused-ring (bicyclic) bond motifs is 12. The zero-order valence-electron chi connectivity index (χ0n) is 80.3. The molecular formula is C144H96N2. The van der Waals surface area contributed by atoms with Crippen LogP contribution in [-0.2, 0) is 10.8 Å². The van der Waals surface area contributed by atoms with Gasteiger partial charge in [-0.25, -0.2) is 0 Å². The van der Waals surface area contributed by atoms with E-state index in [1.165, 1.54) is 122 Å². The van der Waals surface area contributed by atoms with Crippen LogP contribution in [0.15, 0.2) is 582 Å². The Labute approximate surface area is 852 Å². The third-order valence-corrected chi connectivity index (χ3v) is 30.8. The first-order valence-electron chi connectivity index (χ1n) is 50.7. The molecule has 0 bridgehead atoms. The Kier molecular flexibility index (Phi) is 21.5. The minimum absolute atomic E-state index is 0.651. The molecule has 682 valence electrons. The highest BCUT2D eigenvalue weighted by atomic mass is 15.2. The average Bonchev–Trinajstić information content (AvgIpc) is 1.53. The topological polar surface area (TPSA) is 6.48 Å². The monoisotopic (exact) mass is 1850 g/mol. The summed E-state index contributed by atoms with van der Waals surface area (Å²) in [6, 6.07) is 218. The van der Waals surface area contributed by atoms with Crippen molar-refractivity contribution in [3.63, 3.8) is 0 Å². The van der Waals surface area contributed by atoms with Crippen molar-refractivity contribution < 1.29 is 0 Å². The van der Waals surface area contributed by atoms with Gasteiger partial charge in [-0.05, 0) is 243 Å². The molecule has 0 heterocycles. The number of anilines is 6. The van der Waals surface area contributed by atoms with Crippen molar-refractivity contribution in [3.8, 4) is 134 Å². The van der Waals surface area contributed by atoms with Gasteiger partial charge in [0.1, 0.15) is 0 Å². The lowest BCUT2D eigenvalue weighted by atomic mass is 9.68. The zero-order valence-corrected chi connectivity index (χ0v) is 80.3. The molecule has 0 saturated heterocycles. The third-order valence-electron chi connectivity index (χ3n) is 30.8. The van der Waals surface area contributed by atoms with Crippen molar-refractivity contribution in [1.82, 2.24) is 0 Å². The lowest BCUT2D eigenvalue weighted by Crippen LogP contribution is -2.28. The molecule has 2 nitrogen and oxygen atoms in total. The highest BCUT2D eigenvalue weighted by Crippen LogP contribution is 2.65. The first-order chi connectivity index (χ1) is 72.4. The van der Waals surface area contributed by atoms with Gasteiger partial charge in [-0.1, -0.05) is 528 Å². The maximum Gasteiger partial charge on any atom is 0.0714 e. The van der Waals surface area contributed by atoms with Crippen LogP contribution in [0.3, 0.4) is 0 Å². The van der Waals surface area contributed by atoms with Crippen molar-refractivity contribution in [3.05, 3.63) is 627 Å². The normalized spacial score (nSPS) is 12.5. The van der Waals surface area contributed by atoms with Gasteiger partial charge in [0.2, 0.25) is 0 Å². The maximum absolute atomic E-state index is 2.66. The Morgan fingerprint density at radius 2 is 0.342 bits per heavy atom. The molecule has 0 atom stereocenters. The Bertz CT molecular complexity index is 9190. The summed E-state index contributed by atoms with van der Waals surface area (Å²) in [6.07, 6.45) is 0. The van der Waals surface area contributed by atoms with Gasteiger partial charge >= 0.3 is 0 Å². The minimum Gasteiger partial charge on any atom is -0.309 e. The van der Waals surface area contributed by atoms with Crippen LogP contribution >= 0.6 is 0 Å². The van der Waals surface area contributed by atoms with Crippen LogP contribution in [0, 0.1) is 0 Å². The van der Waals surface area contributed by atoms with E-state index in [0.717, 1.165) is 134 Å². The fourth-order valence-electron chi connectivity index (χ4n) is 24.3. The van der Waals surface area contributed by atoms with Gasteiger partial charge < -0.3 is 9.80 Å². The van der Waals surface area contributed by atoms with Crippen molar-refractivity contribution in [2.75, 3.05) is 9.80 Å². The summed E-state index contributed by atoms with van der Waals surface area (Å²) < 4.78 is 0. The van der Waals surface area contributed by atoms with Gasteiger partial charge in [0.25, 0.3) is 0 Å². The highest BCUT2D eigenvalue weighted by Gasteiger charge is 2.50. The molecule has 2 heteroatoms. The quantitative estimate of drug-likeness (QED) is 0.0702. The lowest BCUT2D eigenvalue weighted by Gasteiger charge is -2.35. The largest absolute Gasteiger partial charge is 0.309 e.